The predicted octanol–water partition coefficient (Wildman–Crippen LogP) is 4.62. The lowest BCUT2D eigenvalue weighted by Gasteiger charge is -2.19. The van der Waals surface area contributed by atoms with Crippen molar-refractivity contribution in [1.82, 2.24) is 5.32 Å². The molecule has 0 amide bonds. The summed E-state index contributed by atoms with van der Waals surface area (Å²) < 4.78 is 0. The van der Waals surface area contributed by atoms with Gasteiger partial charge in [-0.1, -0.05) is 69.3 Å². The van der Waals surface area contributed by atoms with Crippen LogP contribution in [0.5, 0.6) is 0 Å². The molecule has 21 heavy (non-hydrogen) atoms. The third-order valence-corrected chi connectivity index (χ3v) is 3.98. The number of nitrogens with one attached hydrogen (secondary N) is 1. The summed E-state index contributed by atoms with van der Waals surface area (Å²) in [4.78, 5) is 0. The van der Waals surface area contributed by atoms with E-state index in [9.17, 15) is 0 Å². The Balaban J connectivity index is 1.80. The zero-order valence-corrected chi connectivity index (χ0v) is 13.7. The summed E-state index contributed by atoms with van der Waals surface area (Å²) in [5.41, 5.74) is 5.80. The average molecular weight is 281 g/mol. The van der Waals surface area contributed by atoms with E-state index in [1.165, 1.54) is 22.3 Å². The van der Waals surface area contributed by atoms with Crippen molar-refractivity contribution in [2.24, 2.45) is 0 Å². The molecule has 112 valence electrons. The molecule has 0 fully saturated rings. The highest BCUT2D eigenvalue weighted by Crippen LogP contribution is 2.22. The molecule has 2 rings (SSSR count). The van der Waals surface area contributed by atoms with Crippen LogP contribution in [0.3, 0.4) is 0 Å². The minimum atomic E-state index is 0.233. The van der Waals surface area contributed by atoms with Gasteiger partial charge in [-0.3, -0.25) is 0 Å². The molecule has 0 aliphatic carbocycles. The van der Waals surface area contributed by atoms with Crippen molar-refractivity contribution in [3.63, 3.8) is 0 Å². The summed E-state index contributed by atoms with van der Waals surface area (Å²) in [7, 11) is 0. The molecule has 0 saturated heterocycles. The maximum Gasteiger partial charge on any atom is 0.0205 e. The molecule has 0 radical (unpaired) electrons. The van der Waals surface area contributed by atoms with Crippen molar-refractivity contribution in [3.8, 4) is 0 Å². The molecule has 2 aromatic rings. The molecule has 0 atom stereocenters. The minimum Gasteiger partial charge on any atom is -0.312 e. The number of hydrogen-bond donors (Lipinski definition) is 1. The van der Waals surface area contributed by atoms with E-state index >= 15 is 0 Å². The van der Waals surface area contributed by atoms with Gasteiger partial charge in [-0.15, -0.1) is 0 Å². The van der Waals surface area contributed by atoms with E-state index in [2.05, 4.69) is 81.5 Å². The van der Waals surface area contributed by atoms with Crippen molar-refractivity contribution in [3.05, 3.63) is 70.8 Å². The van der Waals surface area contributed by atoms with Gasteiger partial charge < -0.3 is 5.32 Å². The molecule has 0 bridgehead atoms. The van der Waals surface area contributed by atoms with Gasteiger partial charge in [0.15, 0.2) is 0 Å². The van der Waals surface area contributed by atoms with Gasteiger partial charge in [-0.05, 0) is 47.6 Å². The fourth-order valence-corrected chi connectivity index (χ4v) is 2.47. The monoisotopic (exact) mass is 281 g/mol. The van der Waals surface area contributed by atoms with Crippen LogP contribution >= 0.6 is 0 Å². The van der Waals surface area contributed by atoms with Crippen LogP contribution in [0.1, 0.15) is 43.0 Å². The number of benzene rings is 2. The lowest BCUT2D eigenvalue weighted by atomic mass is 9.87. The van der Waals surface area contributed by atoms with E-state index in [-0.39, 0.29) is 5.41 Å². The van der Waals surface area contributed by atoms with Crippen LogP contribution in [0.2, 0.25) is 0 Å². The normalized spacial score (nSPS) is 11.6. The second kappa shape index (κ2) is 6.91. The third-order valence-electron chi connectivity index (χ3n) is 3.98. The van der Waals surface area contributed by atoms with Gasteiger partial charge in [0.2, 0.25) is 0 Å². The zero-order valence-electron chi connectivity index (χ0n) is 13.7. The average Bonchev–Trinajstić information content (AvgIpc) is 2.45. The summed E-state index contributed by atoms with van der Waals surface area (Å²) >= 11 is 0. The van der Waals surface area contributed by atoms with Crippen LogP contribution in [0, 0.1) is 6.92 Å². The Morgan fingerprint density at radius 1 is 0.905 bits per heavy atom. The molecule has 0 heterocycles. The van der Waals surface area contributed by atoms with Crippen molar-refractivity contribution >= 4 is 0 Å². The molecule has 0 aromatic heterocycles. The molecule has 0 aliphatic heterocycles. The summed E-state index contributed by atoms with van der Waals surface area (Å²) in [5, 5.41) is 3.54. The first-order valence-corrected chi connectivity index (χ1v) is 7.81. The first-order chi connectivity index (χ1) is 9.97. The highest BCUT2D eigenvalue weighted by Gasteiger charge is 2.12. The van der Waals surface area contributed by atoms with Crippen LogP contribution in [0.4, 0.5) is 0 Å². The largest absolute Gasteiger partial charge is 0.312 e. The van der Waals surface area contributed by atoms with Gasteiger partial charge in [0.1, 0.15) is 0 Å². The molecular weight excluding hydrogens is 254 g/mol. The van der Waals surface area contributed by atoms with E-state index in [0.717, 1.165) is 19.5 Å². The molecule has 1 heteroatoms. The highest BCUT2D eigenvalue weighted by atomic mass is 14.8. The lowest BCUT2D eigenvalue weighted by molar-refractivity contribution is 0.589. The first-order valence-electron chi connectivity index (χ1n) is 7.81. The van der Waals surface area contributed by atoms with Gasteiger partial charge in [-0.2, -0.15) is 0 Å². The van der Waals surface area contributed by atoms with E-state index in [0.29, 0.717) is 0 Å². The summed E-state index contributed by atoms with van der Waals surface area (Å²) in [5.74, 6) is 0. The SMILES string of the molecule is Cc1ccccc1CCNCc1ccc(C(C)(C)C)cc1. The van der Waals surface area contributed by atoms with Crippen LogP contribution in [-0.2, 0) is 18.4 Å². The molecule has 0 aliphatic rings. The van der Waals surface area contributed by atoms with E-state index in [1.54, 1.807) is 0 Å². The summed E-state index contributed by atoms with van der Waals surface area (Å²) in [6, 6.07) is 17.6. The smallest absolute Gasteiger partial charge is 0.0205 e. The molecule has 0 unspecified atom stereocenters. The Labute approximate surface area is 129 Å². The fraction of sp³-hybridized carbons (Fsp3) is 0.400. The van der Waals surface area contributed by atoms with Crippen molar-refractivity contribution in [2.75, 3.05) is 6.54 Å². The maximum atomic E-state index is 3.54. The van der Waals surface area contributed by atoms with Gasteiger partial charge in [0.05, 0.1) is 0 Å². The number of rotatable bonds is 5. The Morgan fingerprint density at radius 3 is 2.19 bits per heavy atom. The van der Waals surface area contributed by atoms with Gasteiger partial charge in [-0.25, -0.2) is 0 Å². The van der Waals surface area contributed by atoms with E-state index in [4.69, 9.17) is 0 Å². The van der Waals surface area contributed by atoms with Gasteiger partial charge in [0.25, 0.3) is 0 Å². The molecule has 1 nitrogen and oxygen atoms in total. The topological polar surface area (TPSA) is 12.0 Å². The Bertz CT molecular complexity index is 561. The Morgan fingerprint density at radius 2 is 1.57 bits per heavy atom. The molecule has 1 N–H and O–H groups in total. The van der Waals surface area contributed by atoms with Crippen LogP contribution in [0.15, 0.2) is 48.5 Å². The predicted molar refractivity (Wildman–Crippen MR) is 91.7 cm³/mol. The maximum absolute atomic E-state index is 3.54. The standard InChI is InChI=1S/C20H27N/c1-16-7-5-6-8-18(16)13-14-21-15-17-9-11-19(12-10-17)20(2,3)4/h5-12,21H,13-15H2,1-4H3. The molecule has 0 spiro atoms. The fourth-order valence-electron chi connectivity index (χ4n) is 2.47. The second-order valence-electron chi connectivity index (χ2n) is 6.80. The highest BCUT2D eigenvalue weighted by molar-refractivity contribution is 5.28. The molecule has 2 aromatic carbocycles. The Hall–Kier alpha value is -1.60. The van der Waals surface area contributed by atoms with Crippen LogP contribution in [-0.4, -0.2) is 6.54 Å². The van der Waals surface area contributed by atoms with E-state index in [1.807, 2.05) is 0 Å². The van der Waals surface area contributed by atoms with E-state index < -0.39 is 0 Å². The number of aryl methyl sites for hydroxylation is 1. The first kappa shape index (κ1) is 15.8. The molecular formula is C20H27N. The number of hydrogen-bond acceptors (Lipinski definition) is 1. The quantitative estimate of drug-likeness (QED) is 0.788. The third kappa shape index (κ3) is 4.71. The lowest BCUT2D eigenvalue weighted by Crippen LogP contribution is -2.17. The zero-order chi connectivity index (χ0) is 15.3. The minimum absolute atomic E-state index is 0.233. The summed E-state index contributed by atoms with van der Waals surface area (Å²) in [6.07, 6.45) is 1.09. The second-order valence-corrected chi connectivity index (χ2v) is 6.80. The van der Waals surface area contributed by atoms with Crippen molar-refractivity contribution < 1.29 is 0 Å². The van der Waals surface area contributed by atoms with Gasteiger partial charge >= 0.3 is 0 Å². The molecule has 0 saturated carbocycles. The van der Waals surface area contributed by atoms with Crippen LogP contribution in [0.25, 0.3) is 0 Å². The van der Waals surface area contributed by atoms with Gasteiger partial charge in [0, 0.05) is 6.54 Å². The van der Waals surface area contributed by atoms with Crippen LogP contribution < -0.4 is 5.32 Å². The summed E-state index contributed by atoms with van der Waals surface area (Å²) in [6.45, 7) is 10.9. The van der Waals surface area contributed by atoms with Crippen molar-refractivity contribution in [2.45, 2.75) is 46.1 Å². The Kier molecular flexibility index (Phi) is 5.19. The van der Waals surface area contributed by atoms with Crippen molar-refractivity contribution in [1.29, 1.82) is 0 Å².